The van der Waals surface area contributed by atoms with Crippen LogP contribution in [0.25, 0.3) is 31.3 Å². The third-order valence-electron chi connectivity index (χ3n) is 3.78. The highest BCUT2D eigenvalue weighted by atomic mass is 16.6. The molecule has 1 aromatic rings. The van der Waals surface area contributed by atoms with Gasteiger partial charge in [0.1, 0.15) is 18.0 Å². The lowest BCUT2D eigenvalue weighted by Crippen LogP contribution is -2.47. The minimum atomic E-state index is -0.918. The first-order chi connectivity index (χ1) is 13.2. The van der Waals surface area contributed by atoms with Gasteiger partial charge in [-0.05, 0) is 22.7 Å². The second kappa shape index (κ2) is 10.4. The Morgan fingerprint density at radius 3 is 2.67 bits per heavy atom. The van der Waals surface area contributed by atoms with Crippen LogP contribution in [-0.2, 0) is 11.2 Å². The molecule has 0 saturated heterocycles. The average Bonchev–Trinajstić information content (AvgIpc) is 3.16. The average molecular weight is 375 g/mol. The molecular formula is C13H17N11O3. The van der Waals surface area contributed by atoms with E-state index in [1.54, 1.807) is 6.07 Å². The molecule has 1 aromatic heterocycles. The van der Waals surface area contributed by atoms with E-state index in [0.29, 0.717) is 13.0 Å². The van der Waals surface area contributed by atoms with Crippen LogP contribution in [0.2, 0.25) is 0 Å². The maximum atomic E-state index is 12.7. The number of nitrogens with one attached hydrogen (secondary N) is 1. The van der Waals surface area contributed by atoms with Gasteiger partial charge in [0.2, 0.25) is 0 Å². The summed E-state index contributed by atoms with van der Waals surface area (Å²) in [6.45, 7) is 0.341. The van der Waals surface area contributed by atoms with Gasteiger partial charge in [-0.2, -0.15) is 0 Å². The van der Waals surface area contributed by atoms with Crippen LogP contribution < -0.4 is 5.32 Å². The van der Waals surface area contributed by atoms with Crippen LogP contribution in [0.4, 0.5) is 4.79 Å². The fourth-order valence-electron chi connectivity index (χ4n) is 2.63. The number of hydrogen-bond acceptors (Lipinski definition) is 7. The Balaban J connectivity index is 2.19. The molecule has 0 spiro atoms. The Labute approximate surface area is 152 Å². The highest BCUT2D eigenvalue weighted by molar-refractivity contribution is 5.68. The Morgan fingerprint density at radius 2 is 2.00 bits per heavy atom. The van der Waals surface area contributed by atoms with Gasteiger partial charge >= 0.3 is 6.09 Å². The summed E-state index contributed by atoms with van der Waals surface area (Å²) in [5, 5.41) is 13.4. The summed E-state index contributed by atoms with van der Waals surface area (Å²) < 4.78 is 10.8. The van der Waals surface area contributed by atoms with E-state index in [9.17, 15) is 4.79 Å². The van der Waals surface area contributed by atoms with Gasteiger partial charge < -0.3 is 9.15 Å². The first-order valence-electron chi connectivity index (χ1n) is 8.00. The zero-order valence-electron chi connectivity index (χ0n) is 14.2. The maximum Gasteiger partial charge on any atom is 0.411 e. The van der Waals surface area contributed by atoms with Crippen molar-refractivity contribution >= 4 is 6.09 Å². The van der Waals surface area contributed by atoms with Crippen LogP contribution in [0.15, 0.2) is 32.1 Å². The maximum absolute atomic E-state index is 12.7. The number of amides is 1. The zero-order valence-corrected chi connectivity index (χ0v) is 14.2. The predicted molar refractivity (Wildman–Crippen MR) is 92.2 cm³/mol. The molecule has 2 rings (SSSR count). The van der Waals surface area contributed by atoms with Crippen LogP contribution >= 0.6 is 0 Å². The third-order valence-corrected chi connectivity index (χ3v) is 3.78. The lowest BCUT2D eigenvalue weighted by molar-refractivity contribution is 0.0500. The van der Waals surface area contributed by atoms with Crippen LogP contribution in [-0.4, -0.2) is 49.8 Å². The molecule has 0 saturated carbocycles. The normalized spacial score (nSPS) is 15.9. The van der Waals surface area contributed by atoms with Gasteiger partial charge in [-0.3, -0.25) is 10.2 Å². The molecule has 142 valence electrons. The zero-order chi connectivity index (χ0) is 19.5. The van der Waals surface area contributed by atoms with Gasteiger partial charge in [0.05, 0.1) is 19.4 Å². The number of nitrogens with zero attached hydrogens (tertiary/aromatic N) is 10. The standard InChI is InChI=1S/C13H17N11O3/c14-21-18-4-5-24(12-10-2-6-26-11(10)1-3-17-12)13(25)27-9(7-19-22-15)8-20-23-16/h2,6,9,12,17H,1,3-5,7-8H2. The van der Waals surface area contributed by atoms with E-state index in [2.05, 4.69) is 35.4 Å². The van der Waals surface area contributed by atoms with Crippen molar-refractivity contribution in [3.05, 3.63) is 55.0 Å². The summed E-state index contributed by atoms with van der Waals surface area (Å²) in [5.74, 6) is 0.750. The Kier molecular flexibility index (Phi) is 7.64. The fraction of sp³-hybridized carbons (Fsp3) is 0.615. The molecule has 14 heteroatoms. The molecule has 2 heterocycles. The predicted octanol–water partition coefficient (Wildman–Crippen LogP) is 3.16. The minimum absolute atomic E-state index is 0.0360. The first kappa shape index (κ1) is 19.8. The van der Waals surface area contributed by atoms with Crippen LogP contribution in [0.5, 0.6) is 0 Å². The van der Waals surface area contributed by atoms with E-state index < -0.39 is 18.4 Å². The van der Waals surface area contributed by atoms with E-state index in [0.717, 1.165) is 11.3 Å². The molecule has 1 aliphatic rings. The monoisotopic (exact) mass is 375 g/mol. The Hall–Kier alpha value is -3.56. The highest BCUT2D eigenvalue weighted by Gasteiger charge is 2.32. The van der Waals surface area contributed by atoms with Gasteiger partial charge in [-0.1, -0.05) is 15.3 Å². The van der Waals surface area contributed by atoms with Gasteiger partial charge in [0.25, 0.3) is 0 Å². The summed E-state index contributed by atoms with van der Waals surface area (Å²) >= 11 is 0. The van der Waals surface area contributed by atoms with Crippen LogP contribution in [0.1, 0.15) is 17.5 Å². The van der Waals surface area contributed by atoms with Crippen LogP contribution in [0, 0.1) is 0 Å². The molecule has 1 unspecified atom stereocenters. The van der Waals surface area contributed by atoms with Crippen molar-refractivity contribution in [2.24, 2.45) is 15.3 Å². The molecule has 0 fully saturated rings. The summed E-state index contributed by atoms with van der Waals surface area (Å²) in [7, 11) is 0. The summed E-state index contributed by atoms with van der Waals surface area (Å²) in [4.78, 5) is 22.0. The molecule has 0 aliphatic carbocycles. The quantitative estimate of drug-likeness (QED) is 0.392. The van der Waals surface area contributed by atoms with E-state index in [-0.39, 0.29) is 26.2 Å². The van der Waals surface area contributed by atoms with E-state index >= 15 is 0 Å². The smallest absolute Gasteiger partial charge is 0.411 e. The summed E-state index contributed by atoms with van der Waals surface area (Å²) in [6.07, 6.45) is 0.0235. The molecule has 0 bridgehead atoms. The lowest BCUT2D eigenvalue weighted by atomic mass is 10.1. The van der Waals surface area contributed by atoms with Crippen molar-refractivity contribution in [3.8, 4) is 0 Å². The summed E-state index contributed by atoms with van der Waals surface area (Å²) in [6, 6.07) is 1.75. The van der Waals surface area contributed by atoms with E-state index in [4.69, 9.17) is 25.7 Å². The molecule has 1 aliphatic heterocycles. The van der Waals surface area contributed by atoms with Gasteiger partial charge in [-0.25, -0.2) is 4.79 Å². The number of hydrogen-bond donors (Lipinski definition) is 1. The van der Waals surface area contributed by atoms with Crippen molar-refractivity contribution in [2.45, 2.75) is 18.7 Å². The minimum Gasteiger partial charge on any atom is -0.469 e. The van der Waals surface area contributed by atoms with E-state index in [1.807, 2.05) is 0 Å². The number of carbonyl (C=O) groups is 1. The number of rotatable bonds is 9. The van der Waals surface area contributed by atoms with Crippen molar-refractivity contribution in [3.63, 3.8) is 0 Å². The molecule has 1 N–H and O–H groups in total. The number of azide groups is 3. The number of fused-ring (bicyclic) bond motifs is 1. The largest absolute Gasteiger partial charge is 0.469 e. The van der Waals surface area contributed by atoms with Gasteiger partial charge in [-0.15, -0.1) is 0 Å². The van der Waals surface area contributed by atoms with Crippen molar-refractivity contribution in [2.75, 3.05) is 32.7 Å². The lowest BCUT2D eigenvalue weighted by Gasteiger charge is -2.34. The van der Waals surface area contributed by atoms with E-state index in [1.165, 1.54) is 11.2 Å². The van der Waals surface area contributed by atoms with Crippen molar-refractivity contribution < 1.29 is 13.9 Å². The topological polar surface area (TPSA) is 201 Å². The second-order valence-electron chi connectivity index (χ2n) is 5.39. The second-order valence-corrected chi connectivity index (χ2v) is 5.39. The van der Waals surface area contributed by atoms with Gasteiger partial charge in [0.15, 0.2) is 0 Å². The molecule has 0 radical (unpaired) electrons. The van der Waals surface area contributed by atoms with Crippen molar-refractivity contribution in [1.82, 2.24) is 10.2 Å². The molecule has 1 atom stereocenters. The molecule has 0 aromatic carbocycles. The Bertz CT molecular complexity index is 769. The first-order valence-corrected chi connectivity index (χ1v) is 8.00. The number of carbonyl (C=O) groups excluding carboxylic acids is 1. The van der Waals surface area contributed by atoms with Crippen LogP contribution in [0.3, 0.4) is 0 Å². The van der Waals surface area contributed by atoms with Crippen molar-refractivity contribution in [1.29, 1.82) is 0 Å². The molecule has 14 nitrogen and oxygen atoms in total. The molecular weight excluding hydrogens is 358 g/mol. The molecule has 1 amide bonds. The SMILES string of the molecule is [N-]=[N+]=NCCN(C(=O)OC(CN=[N+]=[N-])CN=[N+]=[N-])C1NCCc2occc21. The fourth-order valence-corrected chi connectivity index (χ4v) is 2.63. The Morgan fingerprint density at radius 1 is 1.30 bits per heavy atom. The van der Waals surface area contributed by atoms with Gasteiger partial charge in [0, 0.05) is 46.4 Å². The summed E-state index contributed by atoms with van der Waals surface area (Å²) in [5.41, 5.74) is 26.2. The molecule has 27 heavy (non-hydrogen) atoms. The highest BCUT2D eigenvalue weighted by Crippen LogP contribution is 2.27. The number of furan rings is 1. The third kappa shape index (κ3) is 5.46. The number of ether oxygens (including phenoxy) is 1.